The predicted molar refractivity (Wildman–Crippen MR) is 95.7 cm³/mol. The minimum Gasteiger partial charge on any atom is -0.290 e. The van der Waals surface area contributed by atoms with E-state index in [0.29, 0.717) is 12.1 Å². The van der Waals surface area contributed by atoms with Gasteiger partial charge in [-0.2, -0.15) is 5.10 Å². The van der Waals surface area contributed by atoms with Gasteiger partial charge in [-0.3, -0.25) is 10.1 Å². The molecule has 3 aromatic rings. The summed E-state index contributed by atoms with van der Waals surface area (Å²) in [5.41, 5.74) is -0.0138. The molecule has 0 aliphatic heterocycles. The van der Waals surface area contributed by atoms with Crippen LogP contribution in [0.1, 0.15) is 31.7 Å². The lowest BCUT2D eigenvalue weighted by atomic mass is 9.86. The third-order valence-corrected chi connectivity index (χ3v) is 4.84. The first-order chi connectivity index (χ1) is 11.0. The fraction of sp³-hybridized carbons (Fsp3) is 0.333. The van der Waals surface area contributed by atoms with E-state index in [0.717, 1.165) is 5.39 Å². The molecule has 0 radical (unpaired) electrons. The van der Waals surface area contributed by atoms with Gasteiger partial charge >= 0.3 is 0 Å². The van der Waals surface area contributed by atoms with Crippen LogP contribution in [0.5, 0.6) is 0 Å². The molecule has 2 heterocycles. The van der Waals surface area contributed by atoms with E-state index in [1.165, 1.54) is 9.56 Å². The second-order valence-corrected chi connectivity index (χ2v) is 7.69. The highest BCUT2D eigenvalue weighted by Gasteiger charge is 2.26. The second-order valence-electron chi connectivity index (χ2n) is 6.71. The second kappa shape index (κ2) is 6.26. The zero-order valence-electron chi connectivity index (χ0n) is 13.6. The largest absolute Gasteiger partial charge is 0.290 e. The molecule has 1 N–H and O–H groups in total. The van der Waals surface area contributed by atoms with Crippen LogP contribution in [0, 0.1) is 5.41 Å². The van der Waals surface area contributed by atoms with Crippen LogP contribution in [0.2, 0.25) is 0 Å². The molecule has 120 valence electrons. The molecule has 1 unspecified atom stereocenters. The Balaban J connectivity index is 1.87. The van der Waals surface area contributed by atoms with Crippen LogP contribution in [-0.4, -0.2) is 9.78 Å². The zero-order chi connectivity index (χ0) is 16.4. The lowest BCUT2D eigenvalue weighted by Gasteiger charge is -2.31. The van der Waals surface area contributed by atoms with Gasteiger partial charge in [-0.1, -0.05) is 45.0 Å². The molecule has 2 aromatic heterocycles. The normalized spacial score (nSPS) is 13.3. The Labute approximate surface area is 139 Å². The van der Waals surface area contributed by atoms with Gasteiger partial charge in [-0.25, -0.2) is 4.68 Å². The third-order valence-electron chi connectivity index (χ3n) is 3.90. The van der Waals surface area contributed by atoms with Crippen molar-refractivity contribution in [1.82, 2.24) is 15.1 Å². The third kappa shape index (κ3) is 3.35. The molecule has 0 saturated carbocycles. The first-order valence-electron chi connectivity index (χ1n) is 7.68. The van der Waals surface area contributed by atoms with Gasteiger partial charge in [0.2, 0.25) is 0 Å². The van der Waals surface area contributed by atoms with Crippen molar-refractivity contribution in [2.75, 3.05) is 0 Å². The maximum absolute atomic E-state index is 12.5. The fourth-order valence-electron chi connectivity index (χ4n) is 2.71. The monoisotopic (exact) mass is 327 g/mol. The molecule has 0 spiro atoms. The quantitative estimate of drug-likeness (QED) is 0.793. The van der Waals surface area contributed by atoms with Crippen molar-refractivity contribution in [1.29, 1.82) is 0 Å². The van der Waals surface area contributed by atoms with Crippen molar-refractivity contribution in [3.63, 3.8) is 0 Å². The first kappa shape index (κ1) is 15.9. The van der Waals surface area contributed by atoms with Gasteiger partial charge in [0.1, 0.15) is 0 Å². The summed E-state index contributed by atoms with van der Waals surface area (Å²) in [6.07, 6.45) is 1.75. The van der Waals surface area contributed by atoms with Crippen LogP contribution in [0.3, 0.4) is 0 Å². The molecule has 23 heavy (non-hydrogen) atoms. The average molecular weight is 327 g/mol. The smallest absolute Gasteiger partial charge is 0.275 e. The molecule has 1 aromatic carbocycles. The SMILES string of the molecule is CC(C)(C)C(NCn1ncc2ccccc2c1=O)c1cccs1. The van der Waals surface area contributed by atoms with Crippen molar-refractivity contribution in [2.45, 2.75) is 33.5 Å². The molecule has 0 aliphatic carbocycles. The van der Waals surface area contributed by atoms with Gasteiger partial charge in [-0.05, 0) is 22.9 Å². The Bertz CT molecular complexity index is 847. The molecule has 0 bridgehead atoms. The summed E-state index contributed by atoms with van der Waals surface area (Å²) < 4.78 is 1.49. The Morgan fingerprint density at radius 1 is 1.22 bits per heavy atom. The van der Waals surface area contributed by atoms with E-state index in [1.807, 2.05) is 24.3 Å². The summed E-state index contributed by atoms with van der Waals surface area (Å²) in [5, 5.41) is 11.4. The maximum Gasteiger partial charge on any atom is 0.275 e. The molecule has 0 aliphatic rings. The van der Waals surface area contributed by atoms with Crippen molar-refractivity contribution < 1.29 is 0 Å². The van der Waals surface area contributed by atoms with Crippen molar-refractivity contribution >= 4 is 22.1 Å². The number of benzene rings is 1. The molecule has 5 heteroatoms. The number of aromatic nitrogens is 2. The van der Waals surface area contributed by atoms with Crippen LogP contribution in [-0.2, 0) is 6.67 Å². The summed E-state index contributed by atoms with van der Waals surface area (Å²) in [7, 11) is 0. The summed E-state index contributed by atoms with van der Waals surface area (Å²) in [4.78, 5) is 13.8. The number of thiophene rings is 1. The molecule has 3 rings (SSSR count). The van der Waals surface area contributed by atoms with Crippen LogP contribution in [0.15, 0.2) is 52.8 Å². The minimum atomic E-state index is -0.0607. The number of hydrogen-bond donors (Lipinski definition) is 1. The molecule has 0 fully saturated rings. The number of nitrogens with one attached hydrogen (secondary N) is 1. The van der Waals surface area contributed by atoms with Gasteiger partial charge in [0.05, 0.1) is 18.3 Å². The Morgan fingerprint density at radius 2 is 2.00 bits per heavy atom. The average Bonchev–Trinajstić information content (AvgIpc) is 3.02. The summed E-state index contributed by atoms with van der Waals surface area (Å²) >= 11 is 1.73. The molecule has 4 nitrogen and oxygen atoms in total. The topological polar surface area (TPSA) is 46.9 Å². The summed E-state index contributed by atoms with van der Waals surface area (Å²) in [6, 6.07) is 11.9. The molecule has 0 saturated heterocycles. The molecule has 1 atom stereocenters. The number of fused-ring (bicyclic) bond motifs is 1. The van der Waals surface area contributed by atoms with Gasteiger partial charge < -0.3 is 0 Å². The van der Waals surface area contributed by atoms with Gasteiger partial charge in [0, 0.05) is 16.3 Å². The Morgan fingerprint density at radius 3 is 2.70 bits per heavy atom. The number of hydrogen-bond acceptors (Lipinski definition) is 4. The highest BCUT2D eigenvalue weighted by molar-refractivity contribution is 7.10. The maximum atomic E-state index is 12.5. The van der Waals surface area contributed by atoms with Crippen LogP contribution in [0.4, 0.5) is 0 Å². The van der Waals surface area contributed by atoms with Crippen molar-refractivity contribution in [3.8, 4) is 0 Å². The van der Waals surface area contributed by atoms with E-state index < -0.39 is 0 Å². The van der Waals surface area contributed by atoms with E-state index in [9.17, 15) is 4.79 Å². The number of rotatable bonds is 4. The first-order valence-corrected chi connectivity index (χ1v) is 8.56. The molecule has 0 amide bonds. The Hall–Kier alpha value is -1.98. The van der Waals surface area contributed by atoms with Crippen molar-refractivity contribution in [2.24, 2.45) is 5.41 Å². The zero-order valence-corrected chi connectivity index (χ0v) is 14.4. The van der Waals surface area contributed by atoms with Crippen LogP contribution >= 0.6 is 11.3 Å². The minimum absolute atomic E-state index is 0.0469. The van der Waals surface area contributed by atoms with Crippen LogP contribution < -0.4 is 10.9 Å². The van der Waals surface area contributed by atoms with E-state index in [4.69, 9.17) is 0 Å². The van der Waals surface area contributed by atoms with E-state index in [1.54, 1.807) is 17.5 Å². The van der Waals surface area contributed by atoms with Gasteiger partial charge in [0.25, 0.3) is 5.56 Å². The van der Waals surface area contributed by atoms with E-state index in [-0.39, 0.29) is 17.0 Å². The van der Waals surface area contributed by atoms with E-state index >= 15 is 0 Å². The van der Waals surface area contributed by atoms with Crippen LogP contribution in [0.25, 0.3) is 10.8 Å². The fourth-order valence-corrected chi connectivity index (χ4v) is 3.75. The lowest BCUT2D eigenvalue weighted by Crippen LogP contribution is -2.37. The summed E-state index contributed by atoms with van der Waals surface area (Å²) in [5.74, 6) is 0. The highest BCUT2D eigenvalue weighted by atomic mass is 32.1. The number of nitrogens with zero attached hydrogens (tertiary/aromatic N) is 2. The van der Waals surface area contributed by atoms with Crippen molar-refractivity contribution in [3.05, 3.63) is 63.2 Å². The predicted octanol–water partition coefficient (Wildman–Crippen LogP) is 3.79. The highest BCUT2D eigenvalue weighted by Crippen LogP contribution is 2.34. The summed E-state index contributed by atoms with van der Waals surface area (Å²) in [6.45, 7) is 6.98. The Kier molecular flexibility index (Phi) is 4.33. The lowest BCUT2D eigenvalue weighted by molar-refractivity contribution is 0.254. The molecular formula is C18H21N3OS. The molecular weight excluding hydrogens is 306 g/mol. The van der Waals surface area contributed by atoms with Gasteiger partial charge in [-0.15, -0.1) is 11.3 Å². The van der Waals surface area contributed by atoms with E-state index in [2.05, 4.69) is 48.7 Å². The standard InChI is InChI=1S/C18H21N3OS/c1-18(2,3)16(15-9-6-10-23-15)19-12-21-17(22)14-8-5-4-7-13(14)11-20-21/h4-11,16,19H,12H2,1-3H3. The van der Waals surface area contributed by atoms with Gasteiger partial charge in [0.15, 0.2) is 0 Å².